The predicted octanol–water partition coefficient (Wildman–Crippen LogP) is 1.94. The monoisotopic (exact) mass is 353 g/mol. The van der Waals surface area contributed by atoms with E-state index in [2.05, 4.69) is 20.7 Å². The summed E-state index contributed by atoms with van der Waals surface area (Å²) in [4.78, 5) is 25.7. The highest BCUT2D eigenvalue weighted by molar-refractivity contribution is 5.91. The molecule has 0 bridgehead atoms. The van der Waals surface area contributed by atoms with Crippen LogP contribution in [0.25, 0.3) is 0 Å². The molecule has 0 spiro atoms. The van der Waals surface area contributed by atoms with Gasteiger partial charge < -0.3 is 10.2 Å². The lowest BCUT2D eigenvalue weighted by Crippen LogP contribution is -2.46. The zero-order valence-corrected chi connectivity index (χ0v) is 15.2. The van der Waals surface area contributed by atoms with Gasteiger partial charge in [-0.25, -0.2) is 4.39 Å². The molecule has 8 heteroatoms. The average molecular weight is 353 g/mol. The van der Waals surface area contributed by atoms with E-state index in [1.165, 1.54) is 18.0 Å². The number of H-pyrrole nitrogens is 1. The van der Waals surface area contributed by atoms with E-state index >= 15 is 0 Å². The Morgan fingerprint density at radius 2 is 2.16 bits per heavy atom. The quantitative estimate of drug-likeness (QED) is 0.747. The minimum absolute atomic E-state index is 0.00733. The van der Waals surface area contributed by atoms with Crippen molar-refractivity contribution < 1.29 is 14.0 Å². The van der Waals surface area contributed by atoms with Crippen LogP contribution in [-0.2, 0) is 4.79 Å². The minimum Gasteiger partial charge on any atom is -0.350 e. The van der Waals surface area contributed by atoms with Crippen LogP contribution in [-0.4, -0.2) is 57.9 Å². The Kier molecular flexibility index (Phi) is 6.50. The summed E-state index contributed by atoms with van der Waals surface area (Å²) in [6, 6.07) is 0. The Bertz CT molecular complexity index is 570. The molecule has 2 amide bonds. The van der Waals surface area contributed by atoms with E-state index in [0.29, 0.717) is 25.4 Å². The van der Waals surface area contributed by atoms with Gasteiger partial charge in [0, 0.05) is 20.1 Å². The molecule has 0 saturated heterocycles. The zero-order valence-electron chi connectivity index (χ0n) is 15.2. The van der Waals surface area contributed by atoms with Crippen molar-refractivity contribution in [3.8, 4) is 0 Å². The maximum Gasteiger partial charge on any atom is 0.273 e. The van der Waals surface area contributed by atoms with Crippen LogP contribution in [0.3, 0.4) is 0 Å². The maximum atomic E-state index is 14.9. The normalized spacial score (nSPS) is 18.6. The lowest BCUT2D eigenvalue weighted by atomic mass is 9.91. The third kappa shape index (κ3) is 5.51. The fourth-order valence-corrected chi connectivity index (χ4v) is 3.53. The van der Waals surface area contributed by atoms with Gasteiger partial charge >= 0.3 is 0 Å². The number of halogens is 1. The first kappa shape index (κ1) is 19.3. The standard InChI is InChI=1S/C17H28FN5O2/c1-12(9-19-15(24)14-10-20-22-21-14)11-23(3)16(25)17(2,18)8-13-6-4-5-7-13/h10,12-13H,4-9,11H2,1-3H3,(H,19,24)(H,20,21,22). The van der Waals surface area contributed by atoms with E-state index in [1.54, 1.807) is 7.05 Å². The van der Waals surface area contributed by atoms with E-state index in [-0.39, 0.29) is 17.5 Å². The molecule has 0 radical (unpaired) electrons. The van der Waals surface area contributed by atoms with Crippen molar-refractivity contribution >= 4 is 11.8 Å². The van der Waals surface area contributed by atoms with Gasteiger partial charge in [-0.1, -0.05) is 32.6 Å². The first-order valence-electron chi connectivity index (χ1n) is 8.88. The van der Waals surface area contributed by atoms with Gasteiger partial charge in [-0.3, -0.25) is 9.59 Å². The summed E-state index contributed by atoms with van der Waals surface area (Å²) in [5, 5.41) is 12.4. The van der Waals surface area contributed by atoms with Crippen LogP contribution >= 0.6 is 0 Å². The highest BCUT2D eigenvalue weighted by Crippen LogP contribution is 2.34. The Morgan fingerprint density at radius 3 is 2.76 bits per heavy atom. The van der Waals surface area contributed by atoms with Crippen molar-refractivity contribution in [2.24, 2.45) is 11.8 Å². The Balaban J connectivity index is 1.77. The molecule has 1 aliphatic carbocycles. The number of carbonyl (C=O) groups excluding carboxylic acids is 2. The number of hydrogen-bond donors (Lipinski definition) is 2. The van der Waals surface area contributed by atoms with E-state index in [0.717, 1.165) is 25.7 Å². The van der Waals surface area contributed by atoms with Gasteiger partial charge in [0.25, 0.3) is 11.8 Å². The number of rotatable bonds is 8. The van der Waals surface area contributed by atoms with Crippen LogP contribution in [0.1, 0.15) is 56.4 Å². The van der Waals surface area contributed by atoms with Crippen LogP contribution < -0.4 is 5.32 Å². The summed E-state index contributed by atoms with van der Waals surface area (Å²) in [6.45, 7) is 4.04. The molecule has 140 valence electrons. The molecule has 1 aromatic heterocycles. The number of carbonyl (C=O) groups is 2. The molecule has 0 aliphatic heterocycles. The van der Waals surface area contributed by atoms with Gasteiger partial charge in [-0.2, -0.15) is 15.4 Å². The molecule has 1 fully saturated rings. The topological polar surface area (TPSA) is 91.0 Å². The largest absolute Gasteiger partial charge is 0.350 e. The summed E-state index contributed by atoms with van der Waals surface area (Å²) in [5.41, 5.74) is -1.61. The second-order valence-electron chi connectivity index (χ2n) is 7.41. The van der Waals surface area contributed by atoms with Crippen LogP contribution in [0.15, 0.2) is 6.20 Å². The van der Waals surface area contributed by atoms with Gasteiger partial charge in [0.05, 0.1) is 6.20 Å². The minimum atomic E-state index is -1.83. The van der Waals surface area contributed by atoms with Crippen LogP contribution in [0.4, 0.5) is 4.39 Å². The first-order chi connectivity index (χ1) is 11.8. The van der Waals surface area contributed by atoms with E-state index in [4.69, 9.17) is 0 Å². The van der Waals surface area contributed by atoms with E-state index in [9.17, 15) is 14.0 Å². The number of aromatic nitrogens is 3. The molecule has 2 N–H and O–H groups in total. The zero-order chi connectivity index (χ0) is 18.4. The summed E-state index contributed by atoms with van der Waals surface area (Å²) in [5.74, 6) is -0.501. The number of amides is 2. The number of nitrogens with one attached hydrogen (secondary N) is 2. The second-order valence-corrected chi connectivity index (χ2v) is 7.41. The van der Waals surface area contributed by atoms with Crippen molar-refractivity contribution in [3.05, 3.63) is 11.9 Å². The Labute approximate surface area is 147 Å². The lowest BCUT2D eigenvalue weighted by molar-refractivity contribution is -0.143. The number of hydrogen-bond acceptors (Lipinski definition) is 4. The number of aromatic amines is 1. The lowest BCUT2D eigenvalue weighted by Gasteiger charge is -2.30. The smallest absolute Gasteiger partial charge is 0.273 e. The molecule has 1 heterocycles. The van der Waals surface area contributed by atoms with Gasteiger partial charge in [0.2, 0.25) is 0 Å². The van der Waals surface area contributed by atoms with Crippen LogP contribution in [0, 0.1) is 11.8 Å². The van der Waals surface area contributed by atoms with E-state index in [1.807, 2.05) is 6.92 Å². The SMILES string of the molecule is CC(CNC(=O)c1cn[nH]n1)CN(C)C(=O)C(C)(F)CC1CCCC1. The fourth-order valence-electron chi connectivity index (χ4n) is 3.53. The first-order valence-corrected chi connectivity index (χ1v) is 8.88. The molecular weight excluding hydrogens is 325 g/mol. The molecule has 2 unspecified atom stereocenters. The molecule has 7 nitrogen and oxygen atoms in total. The average Bonchev–Trinajstić information content (AvgIpc) is 3.24. The maximum absolute atomic E-state index is 14.9. The summed E-state index contributed by atoms with van der Waals surface area (Å²) >= 11 is 0. The Morgan fingerprint density at radius 1 is 1.48 bits per heavy atom. The molecule has 0 aromatic carbocycles. The van der Waals surface area contributed by atoms with Crippen molar-refractivity contribution in [3.63, 3.8) is 0 Å². The number of nitrogens with zero attached hydrogens (tertiary/aromatic N) is 3. The van der Waals surface area contributed by atoms with Crippen LogP contribution in [0.5, 0.6) is 0 Å². The summed E-state index contributed by atoms with van der Waals surface area (Å²) in [7, 11) is 1.62. The summed E-state index contributed by atoms with van der Waals surface area (Å²) in [6.07, 6.45) is 5.93. The van der Waals surface area contributed by atoms with E-state index < -0.39 is 11.6 Å². The third-order valence-corrected chi connectivity index (χ3v) is 4.78. The molecule has 1 aliphatic rings. The van der Waals surface area contributed by atoms with Crippen molar-refractivity contribution in [2.75, 3.05) is 20.1 Å². The van der Waals surface area contributed by atoms with Crippen molar-refractivity contribution in [2.45, 2.75) is 51.6 Å². The molecule has 2 atom stereocenters. The molecule has 1 aromatic rings. The highest BCUT2D eigenvalue weighted by atomic mass is 19.1. The van der Waals surface area contributed by atoms with Gasteiger partial charge in [-0.15, -0.1) is 0 Å². The van der Waals surface area contributed by atoms with Gasteiger partial charge in [0.15, 0.2) is 11.4 Å². The molecular formula is C17H28FN5O2. The van der Waals surface area contributed by atoms with Crippen molar-refractivity contribution in [1.29, 1.82) is 0 Å². The second kappa shape index (κ2) is 8.40. The van der Waals surface area contributed by atoms with Gasteiger partial charge in [-0.05, 0) is 25.2 Å². The molecule has 1 saturated carbocycles. The number of alkyl halides is 1. The van der Waals surface area contributed by atoms with Crippen LogP contribution in [0.2, 0.25) is 0 Å². The molecule has 2 rings (SSSR count). The predicted molar refractivity (Wildman–Crippen MR) is 91.6 cm³/mol. The summed E-state index contributed by atoms with van der Waals surface area (Å²) < 4.78 is 14.9. The molecule has 25 heavy (non-hydrogen) atoms. The van der Waals surface area contributed by atoms with Crippen molar-refractivity contribution in [1.82, 2.24) is 25.6 Å². The Hall–Kier alpha value is -1.99. The van der Waals surface area contributed by atoms with Gasteiger partial charge in [0.1, 0.15) is 0 Å². The third-order valence-electron chi connectivity index (χ3n) is 4.78. The fraction of sp³-hybridized carbons (Fsp3) is 0.765. The highest BCUT2D eigenvalue weighted by Gasteiger charge is 2.38.